The second-order valence-electron chi connectivity index (χ2n) is 4.47. The molecule has 86 valence electrons. The van der Waals surface area contributed by atoms with Crippen molar-refractivity contribution in [1.29, 1.82) is 0 Å². The van der Waals surface area contributed by atoms with Crippen LogP contribution in [-0.2, 0) is 10.3 Å². The molecule has 0 aliphatic carbocycles. The number of carbonyl (C=O) groups is 1. The molecule has 16 heavy (non-hydrogen) atoms. The van der Waals surface area contributed by atoms with Crippen molar-refractivity contribution >= 4 is 11.8 Å². The molecule has 0 spiro atoms. The topological polar surface area (TPSA) is 41.6 Å². The first kappa shape index (κ1) is 10.8. The van der Waals surface area contributed by atoms with Gasteiger partial charge in [-0.05, 0) is 24.6 Å². The maximum Gasteiger partial charge on any atom is 0.408 e. The minimum Gasteiger partial charge on any atom is -0.447 e. The maximum absolute atomic E-state index is 11.1. The number of carbonyl (C=O) groups excluding carboxylic acids is 1. The van der Waals surface area contributed by atoms with Gasteiger partial charge in [0.25, 0.3) is 0 Å². The number of nitrogens with zero attached hydrogens (tertiary/aromatic N) is 1. The third-order valence-corrected chi connectivity index (χ3v) is 2.89. The molecule has 1 aromatic carbocycles. The number of amides is 1. The number of rotatable bonds is 2. The van der Waals surface area contributed by atoms with E-state index in [4.69, 9.17) is 4.74 Å². The number of anilines is 1. The van der Waals surface area contributed by atoms with Crippen molar-refractivity contribution in [3.63, 3.8) is 0 Å². The van der Waals surface area contributed by atoms with Gasteiger partial charge in [0.15, 0.2) is 0 Å². The molecule has 1 fully saturated rings. The van der Waals surface area contributed by atoms with E-state index in [1.54, 1.807) is 0 Å². The van der Waals surface area contributed by atoms with Gasteiger partial charge in [0.05, 0.1) is 5.54 Å². The number of alkyl carbamates (subject to hydrolysis) is 1. The molecule has 1 aromatic rings. The molecular formula is C12H16N2O2. The van der Waals surface area contributed by atoms with Gasteiger partial charge in [-0.15, -0.1) is 0 Å². The second kappa shape index (κ2) is 3.70. The van der Waals surface area contributed by atoms with E-state index in [0.29, 0.717) is 6.61 Å². The Bertz CT molecular complexity index is 400. The summed E-state index contributed by atoms with van der Waals surface area (Å²) in [7, 11) is 3.99. The highest BCUT2D eigenvalue weighted by Gasteiger charge is 2.36. The lowest BCUT2D eigenvalue weighted by Gasteiger charge is -2.22. The fourth-order valence-corrected chi connectivity index (χ4v) is 1.79. The van der Waals surface area contributed by atoms with E-state index >= 15 is 0 Å². The smallest absolute Gasteiger partial charge is 0.408 e. The number of cyclic esters (lactones) is 1. The van der Waals surface area contributed by atoms with Crippen LogP contribution in [0.1, 0.15) is 12.5 Å². The summed E-state index contributed by atoms with van der Waals surface area (Å²) in [5.74, 6) is 0. The largest absolute Gasteiger partial charge is 0.447 e. The highest BCUT2D eigenvalue weighted by molar-refractivity contribution is 5.71. The predicted octanol–water partition coefficient (Wildman–Crippen LogP) is 1.71. The molecule has 1 amide bonds. The quantitative estimate of drug-likeness (QED) is 0.825. The van der Waals surface area contributed by atoms with Gasteiger partial charge in [-0.3, -0.25) is 0 Å². The monoisotopic (exact) mass is 220 g/mol. The third kappa shape index (κ3) is 1.83. The van der Waals surface area contributed by atoms with Crippen molar-refractivity contribution in [2.24, 2.45) is 0 Å². The van der Waals surface area contributed by atoms with Crippen LogP contribution in [0.25, 0.3) is 0 Å². The van der Waals surface area contributed by atoms with Crippen LogP contribution in [0.2, 0.25) is 0 Å². The zero-order valence-corrected chi connectivity index (χ0v) is 9.78. The number of ether oxygens (including phenoxy) is 1. The van der Waals surface area contributed by atoms with Gasteiger partial charge in [0.1, 0.15) is 6.61 Å². The summed E-state index contributed by atoms with van der Waals surface area (Å²) >= 11 is 0. The Hall–Kier alpha value is -1.71. The first-order valence-corrected chi connectivity index (χ1v) is 5.24. The highest BCUT2D eigenvalue weighted by Crippen LogP contribution is 2.26. The molecule has 1 heterocycles. The molecule has 2 rings (SSSR count). The van der Waals surface area contributed by atoms with Crippen molar-refractivity contribution in [3.05, 3.63) is 29.8 Å². The first-order chi connectivity index (χ1) is 7.51. The lowest BCUT2D eigenvalue weighted by molar-refractivity contribution is 0.173. The lowest BCUT2D eigenvalue weighted by Crippen LogP contribution is -2.37. The van der Waals surface area contributed by atoms with Gasteiger partial charge in [0.2, 0.25) is 0 Å². The summed E-state index contributed by atoms with van der Waals surface area (Å²) in [6.45, 7) is 2.34. The molecule has 1 atom stereocenters. The van der Waals surface area contributed by atoms with E-state index in [1.165, 1.54) is 0 Å². The van der Waals surface area contributed by atoms with E-state index in [9.17, 15) is 4.79 Å². The summed E-state index contributed by atoms with van der Waals surface area (Å²) in [5.41, 5.74) is 1.80. The van der Waals surface area contributed by atoms with Crippen LogP contribution in [0, 0.1) is 0 Å². The van der Waals surface area contributed by atoms with E-state index in [-0.39, 0.29) is 6.09 Å². The molecule has 4 nitrogen and oxygen atoms in total. The number of hydrogen-bond acceptors (Lipinski definition) is 3. The van der Waals surface area contributed by atoms with Gasteiger partial charge in [-0.1, -0.05) is 12.1 Å². The Morgan fingerprint density at radius 2 is 1.94 bits per heavy atom. The molecule has 1 aliphatic rings. The van der Waals surface area contributed by atoms with Gasteiger partial charge < -0.3 is 15.0 Å². The molecule has 1 N–H and O–H groups in total. The first-order valence-electron chi connectivity index (χ1n) is 5.24. The lowest BCUT2D eigenvalue weighted by atomic mass is 9.93. The Morgan fingerprint density at radius 3 is 2.38 bits per heavy atom. The predicted molar refractivity (Wildman–Crippen MR) is 62.6 cm³/mol. The number of hydrogen-bond donors (Lipinski definition) is 1. The van der Waals surface area contributed by atoms with Crippen molar-refractivity contribution in [2.45, 2.75) is 12.5 Å². The fraction of sp³-hybridized carbons (Fsp3) is 0.417. The molecule has 4 heteroatoms. The van der Waals surface area contributed by atoms with Crippen LogP contribution in [0.4, 0.5) is 10.5 Å². The van der Waals surface area contributed by atoms with Crippen molar-refractivity contribution in [3.8, 4) is 0 Å². The van der Waals surface area contributed by atoms with E-state index in [1.807, 2.05) is 50.2 Å². The second-order valence-corrected chi connectivity index (χ2v) is 4.47. The zero-order valence-electron chi connectivity index (χ0n) is 9.78. The summed E-state index contributed by atoms with van der Waals surface area (Å²) in [6.07, 6.45) is -0.348. The molecule has 0 saturated carbocycles. The van der Waals surface area contributed by atoms with Crippen molar-refractivity contribution in [2.75, 3.05) is 25.6 Å². The summed E-state index contributed by atoms with van der Waals surface area (Å²) in [5, 5.41) is 2.82. The Morgan fingerprint density at radius 1 is 1.31 bits per heavy atom. The molecule has 1 saturated heterocycles. The minimum absolute atomic E-state index is 0.348. The fourth-order valence-electron chi connectivity index (χ4n) is 1.79. The van der Waals surface area contributed by atoms with Crippen LogP contribution in [-0.4, -0.2) is 26.8 Å². The van der Waals surface area contributed by atoms with Crippen LogP contribution >= 0.6 is 0 Å². The Balaban J connectivity index is 2.25. The molecule has 0 aromatic heterocycles. The average Bonchev–Trinajstić information content (AvgIpc) is 2.60. The zero-order chi connectivity index (χ0) is 11.8. The Labute approximate surface area is 95.2 Å². The average molecular weight is 220 g/mol. The highest BCUT2D eigenvalue weighted by atomic mass is 16.6. The van der Waals surface area contributed by atoms with Gasteiger partial charge in [-0.2, -0.15) is 0 Å². The summed E-state index contributed by atoms with van der Waals surface area (Å²) < 4.78 is 4.94. The van der Waals surface area contributed by atoms with Crippen molar-refractivity contribution in [1.82, 2.24) is 5.32 Å². The molecular weight excluding hydrogens is 204 g/mol. The molecule has 0 bridgehead atoms. The van der Waals surface area contributed by atoms with Crippen LogP contribution < -0.4 is 10.2 Å². The molecule has 1 unspecified atom stereocenters. The SMILES string of the molecule is CN(C)c1ccc(C2(C)COC(=O)N2)cc1. The summed E-state index contributed by atoms with van der Waals surface area (Å²) in [6, 6.07) is 8.10. The van der Waals surface area contributed by atoms with Gasteiger partial charge >= 0.3 is 6.09 Å². The summed E-state index contributed by atoms with van der Waals surface area (Å²) in [4.78, 5) is 13.1. The third-order valence-electron chi connectivity index (χ3n) is 2.89. The van der Waals surface area contributed by atoms with Gasteiger partial charge in [-0.25, -0.2) is 4.79 Å². The standard InChI is InChI=1S/C12H16N2O2/c1-12(8-16-11(15)13-12)9-4-6-10(7-5-9)14(2)3/h4-7H,8H2,1-3H3,(H,13,15). The van der Waals surface area contributed by atoms with Crippen LogP contribution in [0.5, 0.6) is 0 Å². The van der Waals surface area contributed by atoms with E-state index < -0.39 is 5.54 Å². The molecule has 1 aliphatic heterocycles. The van der Waals surface area contributed by atoms with Gasteiger partial charge in [0, 0.05) is 19.8 Å². The van der Waals surface area contributed by atoms with Crippen LogP contribution in [0.15, 0.2) is 24.3 Å². The van der Waals surface area contributed by atoms with Crippen molar-refractivity contribution < 1.29 is 9.53 Å². The number of nitrogens with one attached hydrogen (secondary N) is 1. The minimum atomic E-state index is -0.401. The normalized spacial score (nSPS) is 23.8. The Kier molecular flexibility index (Phi) is 2.50. The van der Waals surface area contributed by atoms with E-state index in [2.05, 4.69) is 5.32 Å². The molecule has 0 radical (unpaired) electrons. The number of benzene rings is 1. The maximum atomic E-state index is 11.1. The van der Waals surface area contributed by atoms with E-state index in [0.717, 1.165) is 11.3 Å². The van der Waals surface area contributed by atoms with Crippen LogP contribution in [0.3, 0.4) is 0 Å².